The highest BCUT2D eigenvalue weighted by molar-refractivity contribution is 8.00. The van der Waals surface area contributed by atoms with Crippen molar-refractivity contribution in [2.45, 2.75) is 17.0 Å². The van der Waals surface area contributed by atoms with Gasteiger partial charge in [0.15, 0.2) is 4.34 Å². The van der Waals surface area contributed by atoms with Crippen LogP contribution in [0.3, 0.4) is 0 Å². The first-order valence-electron chi connectivity index (χ1n) is 5.23. The third-order valence-corrected chi connectivity index (χ3v) is 4.30. The van der Waals surface area contributed by atoms with Crippen molar-refractivity contribution in [1.29, 1.82) is 5.26 Å². The van der Waals surface area contributed by atoms with Crippen molar-refractivity contribution in [2.24, 2.45) is 0 Å². The predicted molar refractivity (Wildman–Crippen MR) is 71.9 cm³/mol. The Hall–Kier alpha value is -1.58. The zero-order valence-electron chi connectivity index (χ0n) is 10.0. The number of nitrogens with zero attached hydrogens (tertiary/aromatic N) is 3. The van der Waals surface area contributed by atoms with Crippen molar-refractivity contribution >= 4 is 23.1 Å². The number of hydrogen-bond donors (Lipinski definition) is 0. The van der Waals surface area contributed by atoms with E-state index < -0.39 is 0 Å². The molecule has 1 aromatic heterocycles. The van der Waals surface area contributed by atoms with Gasteiger partial charge in [0, 0.05) is 5.75 Å². The van der Waals surface area contributed by atoms with Gasteiger partial charge in [-0.3, -0.25) is 0 Å². The fraction of sp³-hybridized carbons (Fsp3) is 0.250. The molecule has 0 aliphatic rings. The molecule has 0 aliphatic heterocycles. The number of benzene rings is 1. The van der Waals surface area contributed by atoms with E-state index in [-0.39, 0.29) is 0 Å². The second-order valence-electron chi connectivity index (χ2n) is 3.52. The molecule has 0 bridgehead atoms. The number of thioether (sulfide) groups is 1. The molecule has 1 aromatic carbocycles. The Morgan fingerprint density at radius 1 is 1.44 bits per heavy atom. The summed E-state index contributed by atoms with van der Waals surface area (Å²) in [5.41, 5.74) is 1.63. The maximum atomic E-state index is 9.01. The molecule has 0 radical (unpaired) electrons. The normalized spacial score (nSPS) is 10.1. The zero-order valence-corrected chi connectivity index (χ0v) is 11.6. The number of nitriles is 1. The maximum Gasteiger partial charge on any atom is 0.174 e. The highest BCUT2D eigenvalue weighted by Crippen LogP contribution is 2.27. The van der Waals surface area contributed by atoms with Crippen LogP contribution in [0.2, 0.25) is 0 Å². The summed E-state index contributed by atoms with van der Waals surface area (Å²) in [4.78, 5) is 0. The zero-order chi connectivity index (χ0) is 13.0. The first kappa shape index (κ1) is 12.9. The van der Waals surface area contributed by atoms with Crippen molar-refractivity contribution in [3.8, 4) is 11.8 Å². The molecule has 0 amide bonds. The minimum Gasteiger partial charge on any atom is -0.495 e. The topological polar surface area (TPSA) is 58.8 Å². The quantitative estimate of drug-likeness (QED) is 0.804. The summed E-state index contributed by atoms with van der Waals surface area (Å²) in [7, 11) is 1.56. The van der Waals surface area contributed by atoms with Crippen LogP contribution in [-0.4, -0.2) is 17.3 Å². The number of ether oxygens (including phenoxy) is 1. The molecule has 2 aromatic rings. The van der Waals surface area contributed by atoms with Crippen LogP contribution in [0.4, 0.5) is 0 Å². The Bertz CT molecular complexity index is 589. The molecule has 0 fully saturated rings. The van der Waals surface area contributed by atoms with Crippen molar-refractivity contribution in [3.63, 3.8) is 0 Å². The van der Waals surface area contributed by atoms with E-state index in [1.165, 1.54) is 0 Å². The third-order valence-electron chi connectivity index (χ3n) is 2.25. The van der Waals surface area contributed by atoms with Gasteiger partial charge in [-0.05, 0) is 24.6 Å². The van der Waals surface area contributed by atoms with Crippen molar-refractivity contribution < 1.29 is 4.74 Å². The van der Waals surface area contributed by atoms with E-state index in [4.69, 9.17) is 10.00 Å². The molecule has 0 atom stereocenters. The van der Waals surface area contributed by atoms with Crippen molar-refractivity contribution in [2.75, 3.05) is 7.11 Å². The molecular formula is C12H11N3OS2. The van der Waals surface area contributed by atoms with Gasteiger partial charge in [0.2, 0.25) is 0 Å². The van der Waals surface area contributed by atoms with Crippen LogP contribution < -0.4 is 4.74 Å². The van der Waals surface area contributed by atoms with Gasteiger partial charge >= 0.3 is 0 Å². The molecule has 6 heteroatoms. The summed E-state index contributed by atoms with van der Waals surface area (Å²) < 4.78 is 6.05. The van der Waals surface area contributed by atoms with E-state index in [1.807, 2.05) is 25.1 Å². The first-order valence-corrected chi connectivity index (χ1v) is 7.03. The highest BCUT2D eigenvalue weighted by Gasteiger charge is 2.06. The van der Waals surface area contributed by atoms with Crippen LogP contribution in [0.25, 0.3) is 0 Å². The molecule has 0 spiro atoms. The fourth-order valence-corrected chi connectivity index (χ4v) is 3.17. The standard InChI is InChI=1S/C12H11N3OS2/c1-8-14-15-12(18-8)17-7-9-3-4-11(16-2)10(5-9)6-13/h3-5H,7H2,1-2H3. The van der Waals surface area contributed by atoms with Gasteiger partial charge in [-0.1, -0.05) is 29.2 Å². The lowest BCUT2D eigenvalue weighted by atomic mass is 10.1. The van der Waals surface area contributed by atoms with E-state index in [0.717, 1.165) is 20.7 Å². The van der Waals surface area contributed by atoms with E-state index in [0.29, 0.717) is 11.3 Å². The van der Waals surface area contributed by atoms with Gasteiger partial charge in [-0.25, -0.2) is 0 Å². The van der Waals surface area contributed by atoms with Crippen molar-refractivity contribution in [3.05, 3.63) is 34.3 Å². The first-order chi connectivity index (χ1) is 8.72. The second kappa shape index (κ2) is 5.85. The van der Waals surface area contributed by atoms with E-state index in [1.54, 1.807) is 30.2 Å². The predicted octanol–water partition coefficient (Wildman–Crippen LogP) is 3.02. The molecule has 0 saturated heterocycles. The summed E-state index contributed by atoms with van der Waals surface area (Å²) in [6.07, 6.45) is 0. The van der Waals surface area contributed by atoms with Crippen LogP contribution in [-0.2, 0) is 5.75 Å². The molecule has 18 heavy (non-hydrogen) atoms. The van der Waals surface area contributed by atoms with Gasteiger partial charge in [0.1, 0.15) is 16.8 Å². The Morgan fingerprint density at radius 3 is 2.89 bits per heavy atom. The lowest BCUT2D eigenvalue weighted by Crippen LogP contribution is -1.90. The van der Waals surface area contributed by atoms with Gasteiger partial charge in [-0.15, -0.1) is 10.2 Å². The monoisotopic (exact) mass is 277 g/mol. The fourth-order valence-electron chi connectivity index (χ4n) is 1.41. The average Bonchev–Trinajstić information content (AvgIpc) is 2.81. The SMILES string of the molecule is COc1ccc(CSc2nnc(C)s2)cc1C#N. The molecule has 92 valence electrons. The van der Waals surface area contributed by atoms with Gasteiger partial charge in [0.25, 0.3) is 0 Å². The van der Waals surface area contributed by atoms with Gasteiger partial charge in [-0.2, -0.15) is 5.26 Å². The molecule has 0 aliphatic carbocycles. The van der Waals surface area contributed by atoms with Crippen LogP contribution in [0.15, 0.2) is 22.5 Å². The number of aryl methyl sites for hydroxylation is 1. The Kier molecular flexibility index (Phi) is 4.18. The summed E-state index contributed by atoms with van der Waals surface area (Å²) in [6, 6.07) is 7.75. The van der Waals surface area contributed by atoms with Crippen LogP contribution in [0.5, 0.6) is 5.75 Å². The lowest BCUT2D eigenvalue weighted by Gasteiger charge is -2.04. The average molecular weight is 277 g/mol. The molecule has 0 unspecified atom stereocenters. The second-order valence-corrected chi connectivity index (χ2v) is 5.93. The Morgan fingerprint density at radius 2 is 2.28 bits per heavy atom. The molecule has 4 nitrogen and oxygen atoms in total. The molecule has 1 heterocycles. The number of aromatic nitrogens is 2. The Labute approximate surface area is 114 Å². The van der Waals surface area contributed by atoms with Crippen LogP contribution in [0, 0.1) is 18.3 Å². The molecule has 2 rings (SSSR count). The van der Waals surface area contributed by atoms with E-state index in [9.17, 15) is 0 Å². The summed E-state index contributed by atoms with van der Waals surface area (Å²) in [5.74, 6) is 1.38. The number of hydrogen-bond acceptors (Lipinski definition) is 6. The molecular weight excluding hydrogens is 266 g/mol. The van der Waals surface area contributed by atoms with Gasteiger partial charge < -0.3 is 4.74 Å². The molecule has 0 saturated carbocycles. The minimum absolute atomic E-state index is 0.559. The van der Waals surface area contributed by atoms with E-state index in [2.05, 4.69) is 16.3 Å². The number of rotatable bonds is 4. The lowest BCUT2D eigenvalue weighted by molar-refractivity contribution is 0.413. The highest BCUT2D eigenvalue weighted by atomic mass is 32.2. The van der Waals surface area contributed by atoms with Gasteiger partial charge in [0.05, 0.1) is 12.7 Å². The third kappa shape index (κ3) is 3.00. The summed E-state index contributed by atoms with van der Waals surface area (Å²) >= 11 is 3.20. The molecule has 0 N–H and O–H groups in total. The summed E-state index contributed by atoms with van der Waals surface area (Å²) in [5, 5.41) is 18.0. The number of methoxy groups -OCH3 is 1. The minimum atomic E-state index is 0.559. The summed E-state index contributed by atoms with van der Waals surface area (Å²) in [6.45, 7) is 1.93. The smallest absolute Gasteiger partial charge is 0.174 e. The Balaban J connectivity index is 2.08. The van der Waals surface area contributed by atoms with Crippen molar-refractivity contribution in [1.82, 2.24) is 10.2 Å². The van der Waals surface area contributed by atoms with Crippen LogP contribution >= 0.6 is 23.1 Å². The maximum absolute atomic E-state index is 9.01. The van der Waals surface area contributed by atoms with E-state index >= 15 is 0 Å². The largest absolute Gasteiger partial charge is 0.495 e. The van der Waals surface area contributed by atoms with Crippen LogP contribution in [0.1, 0.15) is 16.1 Å².